The number of carbonyl (C=O) groups is 2. The van der Waals surface area contributed by atoms with Gasteiger partial charge in [0.15, 0.2) is 5.78 Å². The Morgan fingerprint density at radius 3 is 2.49 bits per heavy atom. The van der Waals surface area contributed by atoms with Crippen molar-refractivity contribution in [3.63, 3.8) is 0 Å². The Labute approximate surface area is 222 Å². The van der Waals surface area contributed by atoms with Gasteiger partial charge in [-0.15, -0.1) is 0 Å². The molecule has 3 N–H and O–H groups in total. The minimum atomic E-state index is -0.627. The van der Waals surface area contributed by atoms with Crippen LogP contribution in [0.5, 0.6) is 5.75 Å². The highest BCUT2D eigenvalue weighted by molar-refractivity contribution is 5.87. The number of ketones is 1. The van der Waals surface area contributed by atoms with Crippen molar-refractivity contribution < 1.29 is 19.1 Å². The van der Waals surface area contributed by atoms with Gasteiger partial charge in [-0.1, -0.05) is 49.7 Å². The van der Waals surface area contributed by atoms with Gasteiger partial charge in [0.25, 0.3) is 0 Å². The summed E-state index contributed by atoms with van der Waals surface area (Å²) in [6.07, 6.45) is 5.97. The van der Waals surface area contributed by atoms with Crippen LogP contribution >= 0.6 is 0 Å². The molecule has 0 saturated heterocycles. The van der Waals surface area contributed by atoms with E-state index in [1.165, 1.54) is 24.0 Å². The second-order valence-corrected chi connectivity index (χ2v) is 11.1. The number of amides is 1. The van der Waals surface area contributed by atoms with Gasteiger partial charge in [-0.25, -0.2) is 4.79 Å². The Morgan fingerprint density at radius 2 is 1.86 bits per heavy atom. The van der Waals surface area contributed by atoms with Gasteiger partial charge in [-0.05, 0) is 87.6 Å². The van der Waals surface area contributed by atoms with E-state index in [1.54, 1.807) is 7.11 Å². The predicted octanol–water partition coefficient (Wildman–Crippen LogP) is 5.86. The van der Waals surface area contributed by atoms with Gasteiger partial charge in [-0.3, -0.25) is 4.79 Å². The summed E-state index contributed by atoms with van der Waals surface area (Å²) in [6, 6.07) is 12.1. The molecule has 6 heteroatoms. The molecule has 2 aromatic rings. The fourth-order valence-electron chi connectivity index (χ4n) is 4.78. The average Bonchev–Trinajstić information content (AvgIpc) is 3.67. The zero-order valence-electron chi connectivity index (χ0n) is 23.2. The maximum Gasteiger partial charge on any atom is 0.408 e. The largest absolute Gasteiger partial charge is 0.496 e. The van der Waals surface area contributed by atoms with Crippen LogP contribution in [-0.4, -0.2) is 37.2 Å². The number of alkyl carbamates (subject to hydrolysis) is 1. The zero-order chi connectivity index (χ0) is 27.0. The third kappa shape index (κ3) is 8.60. The fourth-order valence-corrected chi connectivity index (χ4v) is 4.78. The maximum atomic E-state index is 13.0. The van der Waals surface area contributed by atoms with E-state index in [-0.39, 0.29) is 5.78 Å². The SMILES string of the molecule is CCCCC(=O)[C@H](Cc1cccc(Cc2c(C3CC3)ccc(CCN)c2OC)c1)NC(=O)OC(C)(C)C. The van der Waals surface area contributed by atoms with Crippen molar-refractivity contribution >= 4 is 11.9 Å². The van der Waals surface area contributed by atoms with E-state index in [0.717, 1.165) is 48.1 Å². The molecule has 202 valence electrons. The summed E-state index contributed by atoms with van der Waals surface area (Å²) in [7, 11) is 1.74. The second kappa shape index (κ2) is 13.1. The van der Waals surface area contributed by atoms with Gasteiger partial charge >= 0.3 is 6.09 Å². The number of nitrogens with one attached hydrogen (secondary N) is 1. The van der Waals surface area contributed by atoms with Crippen molar-refractivity contribution in [2.45, 2.75) is 96.6 Å². The lowest BCUT2D eigenvalue weighted by Crippen LogP contribution is -2.44. The van der Waals surface area contributed by atoms with Crippen LogP contribution in [0.15, 0.2) is 36.4 Å². The standard InChI is InChI=1S/C31H44N2O4/c1-6-7-11-28(34)27(33-30(35)37-31(2,3)4)20-22-10-8-9-21(18-22)19-26-25(23-12-13-23)15-14-24(16-17-32)29(26)36-5/h8-10,14-15,18,23,27H,6-7,11-13,16-17,19-20,32H2,1-5H3,(H,33,35)/t27-/m0/s1. The second-order valence-electron chi connectivity index (χ2n) is 11.1. The lowest BCUT2D eigenvalue weighted by atomic mass is 9.91. The monoisotopic (exact) mass is 508 g/mol. The molecule has 1 aliphatic rings. The van der Waals surface area contributed by atoms with Crippen molar-refractivity contribution in [3.05, 3.63) is 64.2 Å². The van der Waals surface area contributed by atoms with Crippen LogP contribution in [0.2, 0.25) is 0 Å². The van der Waals surface area contributed by atoms with Crippen LogP contribution in [0.4, 0.5) is 4.79 Å². The van der Waals surface area contributed by atoms with Crippen molar-refractivity contribution in [3.8, 4) is 5.75 Å². The van der Waals surface area contributed by atoms with Crippen molar-refractivity contribution in [2.75, 3.05) is 13.7 Å². The first-order valence-electron chi connectivity index (χ1n) is 13.6. The number of Topliss-reactive ketones (excluding diaryl/α,β-unsaturated/α-hetero) is 1. The molecule has 37 heavy (non-hydrogen) atoms. The van der Waals surface area contributed by atoms with Crippen LogP contribution in [0, 0.1) is 0 Å². The number of ether oxygens (including phenoxy) is 2. The van der Waals surface area contributed by atoms with Gasteiger partial charge in [0, 0.05) is 18.4 Å². The lowest BCUT2D eigenvalue weighted by molar-refractivity contribution is -0.121. The van der Waals surface area contributed by atoms with Crippen molar-refractivity contribution in [2.24, 2.45) is 5.73 Å². The Kier molecular flexibility index (Phi) is 10.2. The van der Waals surface area contributed by atoms with Gasteiger partial charge in [0.05, 0.1) is 13.2 Å². The summed E-state index contributed by atoms with van der Waals surface area (Å²) in [5, 5.41) is 2.83. The first-order chi connectivity index (χ1) is 17.6. The van der Waals surface area contributed by atoms with Gasteiger partial charge in [0.1, 0.15) is 11.4 Å². The number of carbonyl (C=O) groups excluding carboxylic acids is 2. The van der Waals surface area contributed by atoms with E-state index in [0.29, 0.717) is 25.3 Å². The first kappa shape index (κ1) is 28.7. The molecule has 0 aromatic heterocycles. The molecule has 0 unspecified atom stereocenters. The number of unbranched alkanes of at least 4 members (excludes halogenated alkanes) is 1. The van der Waals surface area contributed by atoms with Crippen LogP contribution in [-0.2, 0) is 28.8 Å². The molecule has 0 radical (unpaired) electrons. The highest BCUT2D eigenvalue weighted by Gasteiger charge is 2.29. The smallest absolute Gasteiger partial charge is 0.408 e. The van der Waals surface area contributed by atoms with E-state index < -0.39 is 17.7 Å². The van der Waals surface area contributed by atoms with Crippen LogP contribution in [0.3, 0.4) is 0 Å². The third-order valence-electron chi connectivity index (χ3n) is 6.68. The fraction of sp³-hybridized carbons (Fsp3) is 0.548. The number of hydrogen-bond donors (Lipinski definition) is 2. The lowest BCUT2D eigenvalue weighted by Gasteiger charge is -2.23. The van der Waals surface area contributed by atoms with Crippen molar-refractivity contribution in [1.82, 2.24) is 5.32 Å². The van der Waals surface area contributed by atoms with Crippen LogP contribution < -0.4 is 15.8 Å². The summed E-state index contributed by atoms with van der Waals surface area (Å²) in [5.41, 5.74) is 11.1. The molecular weight excluding hydrogens is 464 g/mol. The molecule has 0 bridgehead atoms. The molecule has 0 aliphatic heterocycles. The molecule has 1 saturated carbocycles. The molecule has 0 heterocycles. The maximum absolute atomic E-state index is 13.0. The quantitative estimate of drug-likeness (QED) is 0.354. The Morgan fingerprint density at radius 1 is 1.14 bits per heavy atom. The predicted molar refractivity (Wildman–Crippen MR) is 148 cm³/mol. The van der Waals surface area contributed by atoms with Crippen molar-refractivity contribution in [1.29, 1.82) is 0 Å². The number of hydrogen-bond acceptors (Lipinski definition) is 5. The Balaban J connectivity index is 1.84. The van der Waals surface area contributed by atoms with E-state index >= 15 is 0 Å². The molecule has 1 atom stereocenters. The molecule has 1 aliphatic carbocycles. The minimum Gasteiger partial charge on any atom is -0.496 e. The number of nitrogens with two attached hydrogens (primary N) is 1. The molecule has 2 aromatic carbocycles. The summed E-state index contributed by atoms with van der Waals surface area (Å²) in [4.78, 5) is 25.5. The summed E-state index contributed by atoms with van der Waals surface area (Å²) in [5.74, 6) is 1.57. The minimum absolute atomic E-state index is 0.0327. The van der Waals surface area contributed by atoms with E-state index in [9.17, 15) is 9.59 Å². The molecule has 0 spiro atoms. The molecule has 1 fully saturated rings. The van der Waals surface area contributed by atoms with Gasteiger partial charge in [-0.2, -0.15) is 0 Å². The van der Waals surface area contributed by atoms with Crippen LogP contribution in [0.1, 0.15) is 93.5 Å². The number of benzene rings is 2. The molecular formula is C31H44N2O4. The molecule has 3 rings (SSSR count). The van der Waals surface area contributed by atoms with E-state index in [4.69, 9.17) is 15.2 Å². The summed E-state index contributed by atoms with van der Waals surface area (Å²) in [6.45, 7) is 8.08. The topological polar surface area (TPSA) is 90.7 Å². The highest BCUT2D eigenvalue weighted by Crippen LogP contribution is 2.45. The Hall–Kier alpha value is -2.86. The molecule has 1 amide bonds. The third-order valence-corrected chi connectivity index (χ3v) is 6.68. The number of rotatable bonds is 13. The van der Waals surface area contributed by atoms with E-state index in [2.05, 4.69) is 36.5 Å². The average molecular weight is 509 g/mol. The Bertz CT molecular complexity index is 1070. The summed E-state index contributed by atoms with van der Waals surface area (Å²) >= 11 is 0. The molecule has 6 nitrogen and oxygen atoms in total. The highest BCUT2D eigenvalue weighted by atomic mass is 16.6. The zero-order valence-corrected chi connectivity index (χ0v) is 23.2. The van der Waals surface area contributed by atoms with E-state index in [1.807, 2.05) is 32.9 Å². The normalized spacial score (nSPS) is 14.2. The van der Waals surface area contributed by atoms with Gasteiger partial charge < -0.3 is 20.5 Å². The van der Waals surface area contributed by atoms with Gasteiger partial charge in [0.2, 0.25) is 0 Å². The van der Waals surface area contributed by atoms with Crippen LogP contribution in [0.25, 0.3) is 0 Å². The summed E-state index contributed by atoms with van der Waals surface area (Å²) < 4.78 is 11.3. The number of methoxy groups -OCH3 is 1. The first-order valence-corrected chi connectivity index (χ1v) is 13.6.